The van der Waals surface area contributed by atoms with Gasteiger partial charge in [-0.2, -0.15) is 0 Å². The fraction of sp³-hybridized carbons (Fsp3) is 0.273. The first-order valence-electron chi connectivity index (χ1n) is 9.18. The molecule has 2 heterocycles. The molecule has 6 heteroatoms. The highest BCUT2D eigenvalue weighted by Gasteiger charge is 2.53. The van der Waals surface area contributed by atoms with Crippen LogP contribution in [0.1, 0.15) is 37.9 Å². The maximum atomic E-state index is 11.9. The van der Waals surface area contributed by atoms with Gasteiger partial charge in [-0.25, -0.2) is 9.79 Å². The summed E-state index contributed by atoms with van der Waals surface area (Å²) in [7, 11) is 0. The first-order chi connectivity index (χ1) is 13.3. The normalized spacial score (nSPS) is 24.0. The molecule has 2 aromatic carbocycles. The van der Waals surface area contributed by atoms with Gasteiger partial charge in [0.2, 0.25) is 0 Å². The summed E-state index contributed by atoms with van der Waals surface area (Å²) in [4.78, 5) is 19.4. The van der Waals surface area contributed by atoms with Crippen molar-refractivity contribution in [1.82, 2.24) is 4.90 Å². The highest BCUT2D eigenvalue weighted by molar-refractivity contribution is 8.18. The van der Waals surface area contributed by atoms with Crippen LogP contribution in [0.2, 0.25) is 5.02 Å². The summed E-state index contributed by atoms with van der Waals surface area (Å²) in [5.41, 5.74) is 2.43. The predicted molar refractivity (Wildman–Crippen MR) is 114 cm³/mol. The van der Waals surface area contributed by atoms with Crippen molar-refractivity contribution in [3.8, 4) is 0 Å². The Morgan fingerprint density at radius 1 is 1.18 bits per heavy atom. The molecule has 0 aromatic heterocycles. The quantitative estimate of drug-likeness (QED) is 0.703. The van der Waals surface area contributed by atoms with Gasteiger partial charge in [-0.3, -0.25) is 0 Å². The molecule has 2 atom stereocenters. The van der Waals surface area contributed by atoms with Crippen molar-refractivity contribution < 1.29 is 9.90 Å². The summed E-state index contributed by atoms with van der Waals surface area (Å²) in [6, 6.07) is 17.8. The van der Waals surface area contributed by atoms with Crippen molar-refractivity contribution in [2.45, 2.75) is 32.4 Å². The van der Waals surface area contributed by atoms with Gasteiger partial charge in [0.15, 0.2) is 5.17 Å². The standard InChI is InChI=1S/C22H21ClN2O2S/c1-13(2)17-18(20(26)27)28-21-24-22(3,15-7-5-4-6-8-15)19(25(17)21)14-9-11-16(23)12-10-14/h4-13,19H,1-3H3,(H,26,27)/t19-,22+/m1/s1. The van der Waals surface area contributed by atoms with Gasteiger partial charge in [0.1, 0.15) is 10.4 Å². The van der Waals surface area contributed by atoms with E-state index in [-0.39, 0.29) is 12.0 Å². The molecule has 4 nitrogen and oxygen atoms in total. The number of fused-ring (bicyclic) bond motifs is 1. The van der Waals surface area contributed by atoms with Crippen molar-refractivity contribution in [3.05, 3.63) is 81.3 Å². The van der Waals surface area contributed by atoms with Gasteiger partial charge in [-0.15, -0.1) is 0 Å². The molecular weight excluding hydrogens is 392 g/mol. The van der Waals surface area contributed by atoms with Gasteiger partial charge in [0.25, 0.3) is 0 Å². The Hall–Kier alpha value is -2.24. The van der Waals surface area contributed by atoms with Gasteiger partial charge >= 0.3 is 5.97 Å². The number of amidine groups is 1. The Morgan fingerprint density at radius 2 is 1.82 bits per heavy atom. The van der Waals surface area contributed by atoms with E-state index in [4.69, 9.17) is 16.6 Å². The lowest BCUT2D eigenvalue weighted by Gasteiger charge is -2.37. The zero-order valence-corrected chi connectivity index (χ0v) is 17.5. The number of aliphatic carboxylic acids is 1. The SMILES string of the molecule is CC(C)C1=C(C(=O)O)SC2=N[C@@](C)(c3ccccc3)[C@@H](c3ccc(Cl)cc3)N21. The number of carboxylic acid groups (broad SMARTS) is 1. The average molecular weight is 413 g/mol. The second-order valence-corrected chi connectivity index (χ2v) is 8.92. The molecule has 28 heavy (non-hydrogen) atoms. The molecule has 1 N–H and O–H groups in total. The van der Waals surface area contributed by atoms with E-state index < -0.39 is 11.5 Å². The molecule has 144 valence electrons. The molecule has 0 saturated heterocycles. The molecule has 0 radical (unpaired) electrons. The summed E-state index contributed by atoms with van der Waals surface area (Å²) >= 11 is 7.38. The van der Waals surface area contributed by atoms with Crippen LogP contribution in [0.15, 0.2) is 70.2 Å². The minimum atomic E-state index is -0.901. The third-order valence-electron chi connectivity index (χ3n) is 5.30. The Labute approximate surface area is 173 Å². The third kappa shape index (κ3) is 2.93. The number of halogens is 1. The Balaban J connectivity index is 1.92. The summed E-state index contributed by atoms with van der Waals surface area (Å²) in [6.07, 6.45) is 0. The number of aliphatic imine (C=N–C) groups is 1. The van der Waals surface area contributed by atoms with Crippen molar-refractivity contribution in [3.63, 3.8) is 0 Å². The molecule has 2 aromatic rings. The van der Waals surface area contributed by atoms with Crippen LogP contribution < -0.4 is 0 Å². The monoisotopic (exact) mass is 412 g/mol. The van der Waals surface area contributed by atoms with Gasteiger partial charge in [0, 0.05) is 10.7 Å². The van der Waals surface area contributed by atoms with Crippen molar-refractivity contribution in [2.75, 3.05) is 0 Å². The highest BCUT2D eigenvalue weighted by Crippen LogP contribution is 2.55. The lowest BCUT2D eigenvalue weighted by molar-refractivity contribution is -0.131. The van der Waals surface area contributed by atoms with Crippen LogP contribution in [0.5, 0.6) is 0 Å². The number of rotatable bonds is 4. The van der Waals surface area contributed by atoms with Gasteiger partial charge in [-0.1, -0.05) is 67.9 Å². The predicted octanol–water partition coefficient (Wildman–Crippen LogP) is 5.67. The van der Waals surface area contributed by atoms with Gasteiger partial charge in [0.05, 0.1) is 6.04 Å². The fourth-order valence-electron chi connectivity index (χ4n) is 4.05. The fourth-order valence-corrected chi connectivity index (χ4v) is 5.42. The maximum absolute atomic E-state index is 11.9. The summed E-state index contributed by atoms with van der Waals surface area (Å²) in [5.74, 6) is -0.846. The van der Waals surface area contributed by atoms with E-state index in [9.17, 15) is 9.90 Å². The van der Waals surface area contributed by atoms with Crippen LogP contribution >= 0.6 is 23.4 Å². The van der Waals surface area contributed by atoms with E-state index in [0.717, 1.165) is 22.0 Å². The first-order valence-corrected chi connectivity index (χ1v) is 10.4. The number of thioether (sulfide) groups is 1. The number of allylic oxidation sites excluding steroid dienone is 1. The third-order valence-corrected chi connectivity index (χ3v) is 6.61. The maximum Gasteiger partial charge on any atom is 0.344 e. The molecule has 2 aliphatic rings. The summed E-state index contributed by atoms with van der Waals surface area (Å²) in [5, 5.41) is 11.2. The van der Waals surface area contributed by atoms with Crippen LogP contribution in [0.25, 0.3) is 0 Å². The van der Waals surface area contributed by atoms with E-state index in [1.807, 2.05) is 56.3 Å². The number of carboxylic acids is 1. The summed E-state index contributed by atoms with van der Waals surface area (Å²) in [6.45, 7) is 6.17. The lowest BCUT2D eigenvalue weighted by Crippen LogP contribution is -2.36. The van der Waals surface area contributed by atoms with E-state index in [0.29, 0.717) is 9.93 Å². The topological polar surface area (TPSA) is 52.9 Å². The van der Waals surface area contributed by atoms with Crippen molar-refractivity contribution >= 4 is 34.5 Å². The average Bonchev–Trinajstić information content (AvgIpc) is 3.16. The van der Waals surface area contributed by atoms with Crippen molar-refractivity contribution in [1.29, 1.82) is 0 Å². The van der Waals surface area contributed by atoms with E-state index in [2.05, 4.69) is 24.0 Å². The number of carbonyl (C=O) groups is 1. The Bertz CT molecular complexity index is 985. The minimum Gasteiger partial charge on any atom is -0.477 e. The van der Waals surface area contributed by atoms with E-state index in [1.54, 1.807) is 0 Å². The van der Waals surface area contributed by atoms with Gasteiger partial charge < -0.3 is 10.0 Å². The molecular formula is C22H21ClN2O2S. The van der Waals surface area contributed by atoms with Crippen LogP contribution in [0.3, 0.4) is 0 Å². The van der Waals surface area contributed by atoms with E-state index in [1.165, 1.54) is 11.8 Å². The summed E-state index contributed by atoms with van der Waals surface area (Å²) < 4.78 is 0. The number of hydrogen-bond acceptors (Lipinski definition) is 4. The van der Waals surface area contributed by atoms with Gasteiger partial charge in [-0.05, 0) is 47.9 Å². The molecule has 0 aliphatic carbocycles. The Morgan fingerprint density at radius 3 is 2.39 bits per heavy atom. The number of hydrogen-bond donors (Lipinski definition) is 1. The highest BCUT2D eigenvalue weighted by atomic mass is 35.5. The van der Waals surface area contributed by atoms with Crippen LogP contribution in [0, 0.1) is 5.92 Å². The number of nitrogens with zero attached hydrogens (tertiary/aromatic N) is 2. The molecule has 0 bridgehead atoms. The smallest absolute Gasteiger partial charge is 0.344 e. The second-order valence-electron chi connectivity index (χ2n) is 7.51. The first kappa shape index (κ1) is 19.1. The van der Waals surface area contributed by atoms with Crippen LogP contribution in [0.4, 0.5) is 0 Å². The molecule has 0 unspecified atom stereocenters. The zero-order valence-electron chi connectivity index (χ0n) is 15.9. The molecule has 0 saturated carbocycles. The molecule has 0 amide bonds. The number of benzene rings is 2. The van der Waals surface area contributed by atoms with E-state index >= 15 is 0 Å². The Kier molecular flexibility index (Phi) is 4.76. The van der Waals surface area contributed by atoms with Crippen LogP contribution in [-0.4, -0.2) is 21.1 Å². The molecule has 0 spiro atoms. The molecule has 0 fully saturated rings. The van der Waals surface area contributed by atoms with Crippen LogP contribution in [-0.2, 0) is 10.3 Å². The minimum absolute atomic E-state index is 0.0548. The lowest BCUT2D eigenvalue weighted by atomic mass is 9.81. The second kappa shape index (κ2) is 6.98. The van der Waals surface area contributed by atoms with Crippen molar-refractivity contribution in [2.24, 2.45) is 10.9 Å². The zero-order chi connectivity index (χ0) is 20.1. The largest absolute Gasteiger partial charge is 0.477 e. The molecule has 4 rings (SSSR count). The molecule has 2 aliphatic heterocycles.